The zero-order valence-corrected chi connectivity index (χ0v) is 42.8. The Morgan fingerprint density at radius 2 is 1.21 bits per heavy atom. The molecule has 0 aliphatic carbocycles. The van der Waals surface area contributed by atoms with Crippen molar-refractivity contribution in [3.8, 4) is 0 Å². The van der Waals surface area contributed by atoms with Gasteiger partial charge in [-0.2, -0.15) is 11.8 Å². The van der Waals surface area contributed by atoms with Crippen molar-refractivity contribution in [3.63, 3.8) is 0 Å². The molecule has 8 amide bonds. The lowest BCUT2D eigenvalue weighted by atomic mass is 9.94. The number of carboxylic acid groups (broad SMARTS) is 1. The Hall–Kier alpha value is -4.54. The highest BCUT2D eigenvalue weighted by molar-refractivity contribution is 7.98. The van der Waals surface area contributed by atoms with Gasteiger partial charge in [0.15, 0.2) is 0 Å². The SMILES string of the molecule is CC[C@H](C)[C@H](NC(=O)[C@@H](NC(=O)[C@H](CC(C)C)NC(=O)[C@H](CC(C)C)NC(=O)CNC(=O)[C@@H](NC(=O)[C@H](CCCCN)NC(=O)[C@@H]1CCCN1C(=O)[C@@H](N)CCSC)[C@@H](C)O)[C@@H](C)CC)C(=O)O. The van der Waals surface area contributed by atoms with E-state index in [9.17, 15) is 53.4 Å². The lowest BCUT2D eigenvalue weighted by Gasteiger charge is -2.30. The summed E-state index contributed by atoms with van der Waals surface area (Å²) >= 11 is 1.55. The Balaban J connectivity index is 3.16. The van der Waals surface area contributed by atoms with Gasteiger partial charge < -0.3 is 63.8 Å². The maximum atomic E-state index is 13.9. The molecule has 1 aliphatic rings. The van der Waals surface area contributed by atoms with Gasteiger partial charge in [0, 0.05) is 6.54 Å². The molecule has 11 atom stereocenters. The molecular weight excluding hydrogens is 901 g/mol. The standard InChI is InChI=1S/C46H84N10O11S/c1-11-27(7)36(44(64)54-37(46(66)67)28(8)12-2)53-41(61)33(23-26(5)6)52-40(60)32(22-25(3)4)50-35(58)24-49-43(63)38(29(9)57)55-39(59)31(16-13-14-19-47)51-42(62)34-17-15-20-56(34)45(65)30(48)18-21-68-10/h25-34,36-38,57H,11-24,47-48H2,1-10H3,(H,49,63)(H,50,58)(H,51,62)(H,52,60)(H,53,61)(H,54,64)(H,55,59)(H,66,67)/t27-,28-,29+,30-,31-,32-,33-,34-,36-,37-,38-/m0/s1. The molecule has 0 radical (unpaired) electrons. The van der Waals surface area contributed by atoms with E-state index in [4.69, 9.17) is 11.5 Å². The topological polar surface area (TPSA) is 334 Å². The third-order valence-corrected chi connectivity index (χ3v) is 12.8. The average molecular weight is 985 g/mol. The van der Waals surface area contributed by atoms with E-state index in [1.54, 1.807) is 32.5 Å². The van der Waals surface area contributed by atoms with Gasteiger partial charge in [0.25, 0.3) is 0 Å². The van der Waals surface area contributed by atoms with Crippen molar-refractivity contribution < 1.29 is 53.4 Å². The van der Waals surface area contributed by atoms with Crippen molar-refractivity contribution in [3.05, 3.63) is 0 Å². The number of carbonyl (C=O) groups is 9. The molecule has 1 aliphatic heterocycles. The van der Waals surface area contributed by atoms with Crippen LogP contribution >= 0.6 is 11.8 Å². The molecule has 0 bridgehead atoms. The number of thioether (sulfide) groups is 1. The molecule has 68 heavy (non-hydrogen) atoms. The molecule has 0 spiro atoms. The summed E-state index contributed by atoms with van der Waals surface area (Å²) < 4.78 is 0. The zero-order chi connectivity index (χ0) is 51.8. The van der Waals surface area contributed by atoms with E-state index in [2.05, 4.69) is 37.2 Å². The first-order valence-corrected chi connectivity index (χ1v) is 25.6. The van der Waals surface area contributed by atoms with E-state index in [1.165, 1.54) is 11.8 Å². The van der Waals surface area contributed by atoms with Crippen LogP contribution in [0.3, 0.4) is 0 Å². The first-order chi connectivity index (χ1) is 31.9. The molecule has 0 aromatic carbocycles. The maximum absolute atomic E-state index is 13.9. The number of likely N-dealkylation sites (tertiary alicyclic amines) is 1. The van der Waals surface area contributed by atoms with Gasteiger partial charge in [-0.15, -0.1) is 0 Å². The van der Waals surface area contributed by atoms with Crippen LogP contribution in [0.2, 0.25) is 0 Å². The molecule has 1 fully saturated rings. The number of nitrogens with zero attached hydrogens (tertiary/aromatic N) is 1. The summed E-state index contributed by atoms with van der Waals surface area (Å²) in [6.07, 6.45) is 4.17. The van der Waals surface area contributed by atoms with Gasteiger partial charge in [0.2, 0.25) is 47.3 Å². The van der Waals surface area contributed by atoms with Crippen LogP contribution in [0.1, 0.15) is 127 Å². The predicted molar refractivity (Wildman–Crippen MR) is 260 cm³/mol. The molecule has 22 heteroatoms. The highest BCUT2D eigenvalue weighted by Crippen LogP contribution is 2.20. The van der Waals surface area contributed by atoms with Gasteiger partial charge >= 0.3 is 5.97 Å². The zero-order valence-electron chi connectivity index (χ0n) is 42.0. The minimum atomic E-state index is -1.57. The monoisotopic (exact) mass is 985 g/mol. The second-order valence-corrected chi connectivity index (χ2v) is 19.9. The Labute approximate surface area is 407 Å². The summed E-state index contributed by atoms with van der Waals surface area (Å²) in [6, 6.07) is -8.98. The van der Waals surface area contributed by atoms with Gasteiger partial charge in [-0.1, -0.05) is 68.2 Å². The highest BCUT2D eigenvalue weighted by Gasteiger charge is 2.39. The Morgan fingerprint density at radius 3 is 1.74 bits per heavy atom. The molecule has 0 saturated carbocycles. The number of carboxylic acids is 1. The number of hydrogen-bond acceptors (Lipinski definition) is 13. The number of nitrogens with one attached hydrogen (secondary N) is 7. The highest BCUT2D eigenvalue weighted by atomic mass is 32.2. The quantitative estimate of drug-likeness (QED) is 0.0391. The van der Waals surface area contributed by atoms with E-state index in [-0.39, 0.29) is 42.9 Å². The molecule has 13 N–H and O–H groups in total. The van der Waals surface area contributed by atoms with Gasteiger partial charge in [0.05, 0.1) is 18.7 Å². The fourth-order valence-corrected chi connectivity index (χ4v) is 8.15. The number of nitrogens with two attached hydrogens (primary N) is 2. The summed E-state index contributed by atoms with van der Waals surface area (Å²) in [6.45, 7) is 15.6. The minimum absolute atomic E-state index is 0.107. The second-order valence-electron chi connectivity index (χ2n) is 18.9. The first kappa shape index (κ1) is 61.5. The second kappa shape index (κ2) is 31.6. The van der Waals surface area contributed by atoms with Crippen molar-refractivity contribution in [1.29, 1.82) is 0 Å². The molecule has 0 aromatic heterocycles. The normalized spacial score (nSPS) is 18.1. The molecule has 0 unspecified atom stereocenters. The fourth-order valence-electron chi connectivity index (χ4n) is 7.66. The Bertz CT molecular complexity index is 1670. The van der Waals surface area contributed by atoms with E-state index in [0.717, 1.165) is 0 Å². The number of rotatable bonds is 32. The van der Waals surface area contributed by atoms with Crippen molar-refractivity contribution in [2.75, 3.05) is 31.6 Å². The molecule has 1 rings (SSSR count). The van der Waals surface area contributed by atoms with Crippen LogP contribution in [-0.2, 0) is 43.2 Å². The van der Waals surface area contributed by atoms with Crippen molar-refractivity contribution in [2.24, 2.45) is 35.1 Å². The first-order valence-electron chi connectivity index (χ1n) is 24.2. The van der Waals surface area contributed by atoms with Crippen LogP contribution in [0, 0.1) is 23.7 Å². The fraction of sp³-hybridized carbons (Fsp3) is 0.804. The van der Waals surface area contributed by atoms with Crippen LogP contribution in [-0.4, -0.2) is 154 Å². The van der Waals surface area contributed by atoms with E-state index in [1.807, 2.05) is 40.9 Å². The van der Waals surface area contributed by atoms with Gasteiger partial charge in [-0.25, -0.2) is 4.79 Å². The van der Waals surface area contributed by atoms with E-state index < -0.39 is 114 Å². The van der Waals surface area contributed by atoms with Crippen LogP contribution in [0.4, 0.5) is 0 Å². The molecular formula is C46H84N10O11S. The van der Waals surface area contributed by atoms with Gasteiger partial charge in [-0.05, 0) is 101 Å². The lowest BCUT2D eigenvalue weighted by Crippen LogP contribution is -2.60. The smallest absolute Gasteiger partial charge is 0.326 e. The van der Waals surface area contributed by atoms with Crippen LogP contribution in [0.5, 0.6) is 0 Å². The largest absolute Gasteiger partial charge is 0.480 e. The number of aliphatic hydroxyl groups is 1. The number of unbranched alkanes of at least 4 members (excludes halogenated alkanes) is 1. The number of amides is 8. The third-order valence-electron chi connectivity index (χ3n) is 12.1. The van der Waals surface area contributed by atoms with Crippen molar-refractivity contribution in [1.82, 2.24) is 42.1 Å². The maximum Gasteiger partial charge on any atom is 0.326 e. The van der Waals surface area contributed by atoms with Crippen molar-refractivity contribution >= 4 is 65.0 Å². The third kappa shape index (κ3) is 21.0. The predicted octanol–water partition coefficient (Wildman–Crippen LogP) is -0.138. The number of hydrogen-bond donors (Lipinski definition) is 11. The van der Waals surface area contributed by atoms with Gasteiger partial charge in [-0.3, -0.25) is 38.4 Å². The van der Waals surface area contributed by atoms with Crippen LogP contribution in [0.25, 0.3) is 0 Å². The lowest BCUT2D eigenvalue weighted by molar-refractivity contribution is -0.144. The van der Waals surface area contributed by atoms with E-state index >= 15 is 0 Å². The Morgan fingerprint density at radius 1 is 0.676 bits per heavy atom. The molecule has 390 valence electrons. The Kier molecular flexibility index (Phi) is 28.5. The summed E-state index contributed by atoms with van der Waals surface area (Å²) in [4.78, 5) is 122. The summed E-state index contributed by atoms with van der Waals surface area (Å²) in [5.74, 6) is -7.02. The molecule has 21 nitrogen and oxygen atoms in total. The number of carbonyl (C=O) groups excluding carboxylic acids is 8. The summed E-state index contributed by atoms with van der Waals surface area (Å²) in [5.41, 5.74) is 11.8. The average Bonchev–Trinajstić information content (AvgIpc) is 3.78. The van der Waals surface area contributed by atoms with Crippen LogP contribution < -0.4 is 48.7 Å². The van der Waals surface area contributed by atoms with Crippen molar-refractivity contribution in [2.45, 2.75) is 181 Å². The van der Waals surface area contributed by atoms with E-state index in [0.29, 0.717) is 63.8 Å². The molecule has 1 heterocycles. The summed E-state index contributed by atoms with van der Waals surface area (Å²) in [7, 11) is 0. The molecule has 1 saturated heterocycles. The van der Waals surface area contributed by atoms with Gasteiger partial charge in [0.1, 0.15) is 42.3 Å². The molecule has 0 aromatic rings. The minimum Gasteiger partial charge on any atom is -0.480 e. The summed E-state index contributed by atoms with van der Waals surface area (Å²) in [5, 5.41) is 38.6. The van der Waals surface area contributed by atoms with Crippen LogP contribution in [0.15, 0.2) is 0 Å². The number of aliphatic hydroxyl groups excluding tert-OH is 1. The number of aliphatic carboxylic acids is 1.